The Kier molecular flexibility index (Phi) is 5.73. The first kappa shape index (κ1) is 19.5. The third-order valence-corrected chi connectivity index (χ3v) is 5.65. The van der Waals surface area contributed by atoms with Crippen molar-refractivity contribution in [3.05, 3.63) is 63.7 Å². The molecule has 1 N–H and O–H groups in total. The van der Waals surface area contributed by atoms with E-state index in [2.05, 4.69) is 5.32 Å². The summed E-state index contributed by atoms with van der Waals surface area (Å²) in [5.74, 6) is -0.501. The number of anilines is 1. The van der Waals surface area contributed by atoms with Gasteiger partial charge in [0.25, 0.3) is 5.69 Å². The lowest BCUT2D eigenvalue weighted by molar-refractivity contribution is -0.385. The number of carbonyl (C=O) groups excluding carboxylic acids is 1. The van der Waals surface area contributed by atoms with Crippen LogP contribution in [-0.2, 0) is 14.8 Å². The van der Waals surface area contributed by atoms with Crippen LogP contribution in [-0.4, -0.2) is 37.1 Å². The fourth-order valence-corrected chi connectivity index (χ4v) is 3.58. The Morgan fingerprint density at radius 2 is 1.73 bits per heavy atom. The van der Waals surface area contributed by atoms with Gasteiger partial charge in [0.2, 0.25) is 15.9 Å². The van der Waals surface area contributed by atoms with Gasteiger partial charge in [-0.1, -0.05) is 24.3 Å². The highest BCUT2D eigenvalue weighted by Crippen LogP contribution is 2.21. The quantitative estimate of drug-likeness (QED) is 0.614. The number of para-hydroxylation sites is 1. The van der Waals surface area contributed by atoms with E-state index in [0.29, 0.717) is 5.69 Å². The molecule has 0 fully saturated rings. The SMILES string of the molecule is Cc1cccc(C)c1NC(=O)CN(C)S(=O)(=O)c1cccc([N+](=O)[O-])c1. The molecular formula is C17H19N3O5S. The maximum atomic E-state index is 12.6. The van der Waals surface area contributed by atoms with Crippen LogP contribution < -0.4 is 5.32 Å². The third-order valence-electron chi connectivity index (χ3n) is 3.85. The number of sulfonamides is 1. The topological polar surface area (TPSA) is 110 Å². The second-order valence-electron chi connectivity index (χ2n) is 5.83. The van der Waals surface area contributed by atoms with Crippen LogP contribution >= 0.6 is 0 Å². The lowest BCUT2D eigenvalue weighted by Gasteiger charge is -2.18. The second-order valence-corrected chi connectivity index (χ2v) is 7.88. The molecule has 9 heteroatoms. The van der Waals surface area contributed by atoms with Gasteiger partial charge in [0.15, 0.2) is 0 Å². The molecule has 0 aliphatic heterocycles. The van der Waals surface area contributed by atoms with E-state index in [0.717, 1.165) is 21.5 Å². The number of nitro groups is 1. The number of amides is 1. The predicted octanol–water partition coefficient (Wildman–Crippen LogP) is 2.47. The van der Waals surface area contributed by atoms with Gasteiger partial charge in [0, 0.05) is 24.9 Å². The summed E-state index contributed by atoms with van der Waals surface area (Å²) in [6.07, 6.45) is 0. The summed E-state index contributed by atoms with van der Waals surface area (Å²) >= 11 is 0. The Hall–Kier alpha value is -2.78. The van der Waals surface area contributed by atoms with E-state index in [1.807, 2.05) is 32.0 Å². The standard InChI is InChI=1S/C17H19N3O5S/c1-12-6-4-7-13(2)17(12)18-16(21)11-19(3)26(24,25)15-9-5-8-14(10-15)20(22)23/h4-10H,11H2,1-3H3,(H,18,21). The summed E-state index contributed by atoms with van der Waals surface area (Å²) in [6, 6.07) is 10.2. The van der Waals surface area contributed by atoms with Gasteiger partial charge in [-0.15, -0.1) is 0 Å². The van der Waals surface area contributed by atoms with Crippen LogP contribution in [0.15, 0.2) is 47.4 Å². The molecule has 2 rings (SSSR count). The molecule has 0 heterocycles. The van der Waals surface area contributed by atoms with Crippen molar-refractivity contribution in [1.82, 2.24) is 4.31 Å². The van der Waals surface area contributed by atoms with E-state index in [1.54, 1.807) is 0 Å². The highest BCUT2D eigenvalue weighted by molar-refractivity contribution is 7.89. The largest absolute Gasteiger partial charge is 0.324 e. The van der Waals surface area contributed by atoms with Crippen LogP contribution in [0.1, 0.15) is 11.1 Å². The average Bonchev–Trinajstić information content (AvgIpc) is 2.58. The molecule has 138 valence electrons. The molecule has 0 unspecified atom stereocenters. The van der Waals surface area contributed by atoms with Gasteiger partial charge < -0.3 is 5.32 Å². The van der Waals surface area contributed by atoms with Crippen LogP contribution in [0.2, 0.25) is 0 Å². The molecular weight excluding hydrogens is 358 g/mol. The van der Waals surface area contributed by atoms with Crippen molar-refractivity contribution in [1.29, 1.82) is 0 Å². The molecule has 26 heavy (non-hydrogen) atoms. The molecule has 0 saturated heterocycles. The Balaban J connectivity index is 2.18. The van der Waals surface area contributed by atoms with E-state index in [-0.39, 0.29) is 10.6 Å². The molecule has 1 amide bonds. The number of nitro benzene ring substituents is 1. The molecule has 0 saturated carbocycles. The summed E-state index contributed by atoms with van der Waals surface area (Å²) in [5.41, 5.74) is 2.03. The number of benzene rings is 2. The first-order chi connectivity index (χ1) is 12.1. The van der Waals surface area contributed by atoms with Crippen molar-refractivity contribution in [2.45, 2.75) is 18.7 Å². The van der Waals surface area contributed by atoms with Gasteiger partial charge in [0.05, 0.1) is 16.4 Å². The summed E-state index contributed by atoms with van der Waals surface area (Å²) in [4.78, 5) is 22.2. The predicted molar refractivity (Wildman–Crippen MR) is 97.5 cm³/mol. The number of hydrogen-bond donors (Lipinski definition) is 1. The average molecular weight is 377 g/mol. The summed E-state index contributed by atoms with van der Waals surface area (Å²) in [5, 5.41) is 13.5. The van der Waals surface area contributed by atoms with Crippen LogP contribution in [0.4, 0.5) is 11.4 Å². The van der Waals surface area contributed by atoms with Crippen molar-refractivity contribution in [3.63, 3.8) is 0 Å². The molecule has 8 nitrogen and oxygen atoms in total. The smallest absolute Gasteiger partial charge is 0.270 e. The molecule has 2 aromatic carbocycles. The summed E-state index contributed by atoms with van der Waals surface area (Å²) < 4.78 is 26.0. The number of hydrogen-bond acceptors (Lipinski definition) is 5. The minimum absolute atomic E-state index is 0.242. The first-order valence-electron chi connectivity index (χ1n) is 7.70. The maximum Gasteiger partial charge on any atom is 0.270 e. The van der Waals surface area contributed by atoms with Crippen molar-refractivity contribution in [3.8, 4) is 0 Å². The lowest BCUT2D eigenvalue weighted by Crippen LogP contribution is -2.35. The van der Waals surface area contributed by atoms with Gasteiger partial charge in [-0.2, -0.15) is 4.31 Å². The Morgan fingerprint density at radius 3 is 2.31 bits per heavy atom. The van der Waals surface area contributed by atoms with E-state index < -0.39 is 27.4 Å². The molecule has 0 atom stereocenters. The molecule has 0 aliphatic carbocycles. The van der Waals surface area contributed by atoms with E-state index in [1.165, 1.54) is 25.2 Å². The molecule has 0 radical (unpaired) electrons. The fourth-order valence-electron chi connectivity index (χ4n) is 2.42. The zero-order chi connectivity index (χ0) is 19.5. The monoisotopic (exact) mass is 377 g/mol. The van der Waals surface area contributed by atoms with Crippen LogP contribution in [0, 0.1) is 24.0 Å². The van der Waals surface area contributed by atoms with Gasteiger partial charge in [0.1, 0.15) is 0 Å². The highest BCUT2D eigenvalue weighted by atomic mass is 32.2. The number of nitrogens with zero attached hydrogens (tertiary/aromatic N) is 2. The molecule has 0 bridgehead atoms. The molecule has 0 aromatic heterocycles. The van der Waals surface area contributed by atoms with Crippen LogP contribution in [0.25, 0.3) is 0 Å². The van der Waals surface area contributed by atoms with Crippen molar-refractivity contribution >= 4 is 27.3 Å². The van der Waals surface area contributed by atoms with Crippen molar-refractivity contribution in [2.24, 2.45) is 0 Å². The summed E-state index contributed by atoms with van der Waals surface area (Å²) in [7, 11) is -2.79. The van der Waals surface area contributed by atoms with E-state index in [9.17, 15) is 23.3 Å². The zero-order valence-corrected chi connectivity index (χ0v) is 15.4. The lowest BCUT2D eigenvalue weighted by atomic mass is 10.1. The number of likely N-dealkylation sites (N-methyl/N-ethyl adjacent to an activating group) is 1. The normalized spacial score (nSPS) is 11.4. The first-order valence-corrected chi connectivity index (χ1v) is 9.14. The van der Waals surface area contributed by atoms with Crippen LogP contribution in [0.5, 0.6) is 0 Å². The Labute approximate surface area is 151 Å². The van der Waals surface area contributed by atoms with Gasteiger partial charge in [-0.05, 0) is 31.0 Å². The van der Waals surface area contributed by atoms with Crippen molar-refractivity contribution < 1.29 is 18.1 Å². The number of nitrogens with one attached hydrogen (secondary N) is 1. The van der Waals surface area contributed by atoms with E-state index in [4.69, 9.17) is 0 Å². The second kappa shape index (κ2) is 7.63. The van der Waals surface area contributed by atoms with Crippen LogP contribution in [0.3, 0.4) is 0 Å². The van der Waals surface area contributed by atoms with E-state index >= 15 is 0 Å². The number of aryl methyl sites for hydroxylation is 2. The molecule has 0 aliphatic rings. The number of rotatable bonds is 6. The Bertz CT molecular complexity index is 936. The minimum atomic E-state index is -4.03. The maximum absolute atomic E-state index is 12.6. The van der Waals surface area contributed by atoms with Gasteiger partial charge in [-0.3, -0.25) is 14.9 Å². The fraction of sp³-hybridized carbons (Fsp3) is 0.235. The highest BCUT2D eigenvalue weighted by Gasteiger charge is 2.25. The zero-order valence-electron chi connectivity index (χ0n) is 14.6. The number of non-ortho nitro benzene ring substituents is 1. The van der Waals surface area contributed by atoms with Crippen molar-refractivity contribution in [2.75, 3.05) is 18.9 Å². The molecule has 2 aromatic rings. The van der Waals surface area contributed by atoms with Gasteiger partial charge >= 0.3 is 0 Å². The number of carbonyl (C=O) groups is 1. The van der Waals surface area contributed by atoms with Gasteiger partial charge in [-0.25, -0.2) is 8.42 Å². The minimum Gasteiger partial charge on any atom is -0.324 e. The Morgan fingerprint density at radius 1 is 1.15 bits per heavy atom. The molecule has 0 spiro atoms. The summed E-state index contributed by atoms with van der Waals surface area (Å²) in [6.45, 7) is 3.26. The third kappa shape index (κ3) is 4.24.